The normalized spacial score (nSPS) is 11.2. The maximum atomic E-state index is 11.1. The number of benzene rings is 1. The zero-order chi connectivity index (χ0) is 11.9. The number of aromatic carboxylic acids is 1. The van der Waals surface area contributed by atoms with Crippen LogP contribution in [0.25, 0.3) is 10.9 Å². The number of para-hydroxylation sites is 1. The highest BCUT2D eigenvalue weighted by Gasteiger charge is 2.18. The smallest absolute Gasteiger partial charge is 0.352 e. The average Bonchev–Trinajstić information content (AvgIpc) is 2.58. The highest BCUT2D eigenvalue weighted by Crippen LogP contribution is 2.30. The average molecular weight is 219 g/mol. The summed E-state index contributed by atoms with van der Waals surface area (Å²) in [6.45, 7) is 3.77. The first-order valence-electron chi connectivity index (χ1n) is 5.08. The number of hydrogen-bond donors (Lipinski definition) is 2. The molecule has 0 fully saturated rings. The Labute approximate surface area is 92.7 Å². The van der Waals surface area contributed by atoms with E-state index >= 15 is 0 Å². The molecule has 1 aromatic carbocycles. The third-order valence-corrected chi connectivity index (χ3v) is 2.57. The maximum absolute atomic E-state index is 11.1. The topological polar surface area (TPSA) is 62.5 Å². The van der Waals surface area contributed by atoms with E-state index in [0.29, 0.717) is 5.52 Å². The molecule has 0 aliphatic carbocycles. The van der Waals surface area contributed by atoms with Crippen molar-refractivity contribution in [1.82, 2.24) is 4.57 Å². The molecule has 0 amide bonds. The quantitative estimate of drug-likeness (QED) is 0.816. The Hall–Kier alpha value is -1.97. The van der Waals surface area contributed by atoms with Gasteiger partial charge >= 0.3 is 5.97 Å². The lowest BCUT2D eigenvalue weighted by molar-refractivity contribution is 0.0684. The van der Waals surface area contributed by atoms with Crippen LogP contribution in [0.1, 0.15) is 30.4 Å². The molecule has 0 bridgehead atoms. The molecule has 2 aromatic rings. The molecule has 2 rings (SSSR count). The molecule has 1 aromatic heterocycles. The van der Waals surface area contributed by atoms with Gasteiger partial charge in [0.25, 0.3) is 0 Å². The van der Waals surface area contributed by atoms with Crippen molar-refractivity contribution < 1.29 is 15.0 Å². The second-order valence-electron chi connectivity index (χ2n) is 4.01. The third-order valence-electron chi connectivity index (χ3n) is 2.57. The number of carbonyl (C=O) groups is 1. The van der Waals surface area contributed by atoms with E-state index in [1.165, 1.54) is 0 Å². The van der Waals surface area contributed by atoms with Gasteiger partial charge in [-0.2, -0.15) is 0 Å². The first-order chi connectivity index (χ1) is 7.52. The molecule has 0 atom stereocenters. The number of phenols is 1. The minimum Gasteiger partial charge on any atom is -0.506 e. The van der Waals surface area contributed by atoms with Gasteiger partial charge in [0.2, 0.25) is 0 Å². The largest absolute Gasteiger partial charge is 0.506 e. The molecule has 1 heterocycles. The Bertz CT molecular complexity index is 555. The number of rotatable bonds is 2. The highest BCUT2D eigenvalue weighted by molar-refractivity contribution is 5.96. The minimum absolute atomic E-state index is 0.0168. The lowest BCUT2D eigenvalue weighted by Gasteiger charge is -2.12. The summed E-state index contributed by atoms with van der Waals surface area (Å²) in [4.78, 5) is 11.1. The summed E-state index contributed by atoms with van der Waals surface area (Å²) >= 11 is 0. The molecule has 84 valence electrons. The molecule has 16 heavy (non-hydrogen) atoms. The van der Waals surface area contributed by atoms with Crippen LogP contribution >= 0.6 is 0 Å². The van der Waals surface area contributed by atoms with Gasteiger partial charge in [0.05, 0.1) is 5.52 Å². The maximum Gasteiger partial charge on any atom is 0.352 e. The van der Waals surface area contributed by atoms with E-state index in [0.717, 1.165) is 5.39 Å². The van der Waals surface area contributed by atoms with E-state index < -0.39 is 5.97 Å². The van der Waals surface area contributed by atoms with Gasteiger partial charge < -0.3 is 14.8 Å². The lowest BCUT2D eigenvalue weighted by Crippen LogP contribution is -2.10. The zero-order valence-electron chi connectivity index (χ0n) is 9.14. The van der Waals surface area contributed by atoms with Gasteiger partial charge in [-0.3, -0.25) is 0 Å². The third kappa shape index (κ3) is 1.43. The Kier molecular flexibility index (Phi) is 2.34. The van der Waals surface area contributed by atoms with Gasteiger partial charge in [-0.1, -0.05) is 12.1 Å². The molecule has 4 nitrogen and oxygen atoms in total. The fourth-order valence-corrected chi connectivity index (χ4v) is 1.97. The van der Waals surface area contributed by atoms with Gasteiger partial charge in [0.1, 0.15) is 11.4 Å². The molecule has 2 N–H and O–H groups in total. The predicted octanol–water partition coefficient (Wildman–Crippen LogP) is 2.63. The number of hydrogen-bond acceptors (Lipinski definition) is 2. The molecule has 4 heteroatoms. The van der Waals surface area contributed by atoms with Crippen LogP contribution in [0.5, 0.6) is 5.75 Å². The summed E-state index contributed by atoms with van der Waals surface area (Å²) in [5, 5.41) is 19.6. The van der Waals surface area contributed by atoms with Gasteiger partial charge in [-0.05, 0) is 26.0 Å². The van der Waals surface area contributed by atoms with Crippen LogP contribution in [-0.2, 0) is 0 Å². The summed E-state index contributed by atoms with van der Waals surface area (Å²) in [6, 6.07) is 6.62. The molecule has 0 saturated carbocycles. The fraction of sp³-hybridized carbons (Fsp3) is 0.250. The fourth-order valence-electron chi connectivity index (χ4n) is 1.97. The van der Waals surface area contributed by atoms with Crippen molar-refractivity contribution in [3.8, 4) is 5.75 Å². The second-order valence-corrected chi connectivity index (χ2v) is 4.01. The lowest BCUT2D eigenvalue weighted by atomic mass is 10.2. The van der Waals surface area contributed by atoms with Crippen molar-refractivity contribution in [1.29, 1.82) is 0 Å². The van der Waals surface area contributed by atoms with Crippen LogP contribution in [0.2, 0.25) is 0 Å². The predicted molar refractivity (Wildman–Crippen MR) is 60.9 cm³/mol. The summed E-state index contributed by atoms with van der Waals surface area (Å²) in [7, 11) is 0. The first kappa shape index (κ1) is 10.5. The van der Waals surface area contributed by atoms with Crippen LogP contribution in [0.4, 0.5) is 0 Å². The van der Waals surface area contributed by atoms with Crippen molar-refractivity contribution in [2.24, 2.45) is 0 Å². The van der Waals surface area contributed by atoms with Crippen LogP contribution in [0.15, 0.2) is 24.3 Å². The second kappa shape index (κ2) is 3.56. The van der Waals surface area contributed by atoms with E-state index in [1.807, 2.05) is 13.8 Å². The van der Waals surface area contributed by atoms with Crippen LogP contribution < -0.4 is 0 Å². The van der Waals surface area contributed by atoms with Gasteiger partial charge in [0, 0.05) is 11.4 Å². The van der Waals surface area contributed by atoms with Crippen LogP contribution in [-0.4, -0.2) is 20.7 Å². The molecule has 0 aliphatic heterocycles. The first-order valence-corrected chi connectivity index (χ1v) is 5.08. The standard InChI is InChI=1S/C12H13NO3/c1-7(2)13-9(12(15)16)6-8-4-3-5-10(14)11(8)13/h3-7,14H,1-2H3,(H,15,16). The van der Waals surface area contributed by atoms with Crippen molar-refractivity contribution in [3.63, 3.8) is 0 Å². The number of fused-ring (bicyclic) bond motifs is 1. The number of nitrogens with zero attached hydrogens (tertiary/aromatic N) is 1. The Morgan fingerprint density at radius 2 is 2.06 bits per heavy atom. The summed E-state index contributed by atoms with van der Waals surface area (Å²) in [5.74, 6) is -0.872. The number of carboxylic acid groups (broad SMARTS) is 1. The molecule has 0 saturated heterocycles. The molecular formula is C12H13NO3. The molecule has 0 aliphatic rings. The summed E-state index contributed by atoms with van der Waals surface area (Å²) in [6.07, 6.45) is 0. The molecular weight excluding hydrogens is 206 g/mol. The Balaban J connectivity index is 2.88. The van der Waals surface area contributed by atoms with Crippen LogP contribution in [0.3, 0.4) is 0 Å². The SMILES string of the molecule is CC(C)n1c(C(=O)O)cc2cccc(O)c21. The minimum atomic E-state index is -0.982. The molecule has 0 spiro atoms. The van der Waals surface area contributed by atoms with E-state index in [4.69, 9.17) is 5.11 Å². The number of phenolic OH excluding ortho intramolecular Hbond substituents is 1. The number of carboxylic acids is 1. The number of aromatic nitrogens is 1. The van der Waals surface area contributed by atoms with Crippen molar-refractivity contribution >= 4 is 16.9 Å². The summed E-state index contributed by atoms with van der Waals surface area (Å²) < 4.78 is 1.63. The van der Waals surface area contributed by atoms with Crippen molar-refractivity contribution in [3.05, 3.63) is 30.0 Å². The molecule has 0 unspecified atom stereocenters. The van der Waals surface area contributed by atoms with Crippen LogP contribution in [0, 0.1) is 0 Å². The Morgan fingerprint density at radius 1 is 1.38 bits per heavy atom. The molecule has 0 radical (unpaired) electrons. The van der Waals surface area contributed by atoms with Gasteiger partial charge in [-0.15, -0.1) is 0 Å². The van der Waals surface area contributed by atoms with E-state index in [2.05, 4.69) is 0 Å². The van der Waals surface area contributed by atoms with Gasteiger partial charge in [0.15, 0.2) is 0 Å². The monoisotopic (exact) mass is 219 g/mol. The number of aromatic hydroxyl groups is 1. The highest BCUT2D eigenvalue weighted by atomic mass is 16.4. The van der Waals surface area contributed by atoms with Gasteiger partial charge in [-0.25, -0.2) is 4.79 Å². The zero-order valence-corrected chi connectivity index (χ0v) is 9.14. The van der Waals surface area contributed by atoms with E-state index in [1.54, 1.807) is 28.8 Å². The van der Waals surface area contributed by atoms with Crippen molar-refractivity contribution in [2.45, 2.75) is 19.9 Å². The van der Waals surface area contributed by atoms with E-state index in [9.17, 15) is 9.90 Å². The Morgan fingerprint density at radius 3 is 2.62 bits per heavy atom. The summed E-state index contributed by atoms with van der Waals surface area (Å²) in [5.41, 5.74) is 0.779. The van der Waals surface area contributed by atoms with Crippen molar-refractivity contribution in [2.75, 3.05) is 0 Å². The van der Waals surface area contributed by atoms with E-state index in [-0.39, 0.29) is 17.5 Å².